The first kappa shape index (κ1) is 21.5. The number of rotatable bonds is 8. The Kier molecular flexibility index (Phi) is 8.85. The van der Waals surface area contributed by atoms with Crippen LogP contribution >= 0.6 is 47.9 Å². The van der Waals surface area contributed by atoms with E-state index >= 15 is 0 Å². The molecule has 1 amide bonds. The summed E-state index contributed by atoms with van der Waals surface area (Å²) in [6, 6.07) is 7.71. The summed E-state index contributed by atoms with van der Waals surface area (Å²) in [5, 5.41) is 8.12. The second-order valence-electron chi connectivity index (χ2n) is 5.29. The molecule has 0 bridgehead atoms. The third-order valence-corrected chi connectivity index (χ3v) is 5.49. The van der Waals surface area contributed by atoms with Crippen molar-refractivity contribution in [2.45, 2.75) is 16.7 Å². The number of hydrogen-bond acceptors (Lipinski definition) is 8. The predicted octanol–water partition coefficient (Wildman–Crippen LogP) is 2.76. The van der Waals surface area contributed by atoms with Crippen LogP contribution in [-0.4, -0.2) is 33.9 Å². The van der Waals surface area contributed by atoms with Crippen molar-refractivity contribution in [3.8, 4) is 0 Å². The quantitative estimate of drug-likeness (QED) is 0.107. The minimum absolute atomic E-state index is 0.0480. The van der Waals surface area contributed by atoms with Crippen molar-refractivity contribution in [2.75, 3.05) is 16.9 Å². The predicted molar refractivity (Wildman–Crippen MR) is 118 cm³/mol. The molecule has 1 aromatic carbocycles. The molecule has 2 atom stereocenters. The number of nitrogens with zero attached hydrogens (tertiary/aromatic N) is 1. The Morgan fingerprint density at radius 3 is 2.93 bits per heavy atom. The van der Waals surface area contributed by atoms with E-state index in [1.807, 2.05) is 30.5 Å². The van der Waals surface area contributed by atoms with E-state index in [0.717, 1.165) is 10.6 Å². The monoisotopic (exact) mass is 441 g/mol. The standard InChI is InChI=1S/C16H19N5O2S4/c1-26-12-4-2-3-11(8-12)18-15(25)21-20-13(23)7-10(9-22)14(24)19-16-17-5-6-27-16/h2-6,8-10,14,24H,7H2,1H3,(H,17,19)(H,20,23)(H2,18,21,25). The Morgan fingerprint density at radius 2 is 2.26 bits per heavy atom. The molecule has 2 unspecified atom stereocenters. The lowest BCUT2D eigenvalue weighted by atomic mass is 10.1. The third-order valence-electron chi connectivity index (χ3n) is 3.35. The average Bonchev–Trinajstić information content (AvgIpc) is 3.17. The Morgan fingerprint density at radius 1 is 1.44 bits per heavy atom. The largest absolute Gasteiger partial charge is 0.349 e. The fourth-order valence-corrected chi connectivity index (χ4v) is 3.60. The highest BCUT2D eigenvalue weighted by molar-refractivity contribution is 7.98. The van der Waals surface area contributed by atoms with Crippen molar-refractivity contribution >= 4 is 76.1 Å². The summed E-state index contributed by atoms with van der Waals surface area (Å²) in [5.74, 6) is -1.01. The van der Waals surface area contributed by atoms with Crippen LogP contribution in [0.1, 0.15) is 6.42 Å². The van der Waals surface area contributed by atoms with Gasteiger partial charge in [0, 0.05) is 28.6 Å². The van der Waals surface area contributed by atoms with Crippen LogP contribution in [0.5, 0.6) is 0 Å². The van der Waals surface area contributed by atoms with E-state index in [1.165, 1.54) is 11.3 Å². The zero-order valence-electron chi connectivity index (χ0n) is 14.3. The van der Waals surface area contributed by atoms with Crippen molar-refractivity contribution in [1.82, 2.24) is 15.8 Å². The number of thiocarbonyl (C=S) groups is 1. The van der Waals surface area contributed by atoms with Gasteiger partial charge >= 0.3 is 0 Å². The molecule has 2 aromatic rings. The van der Waals surface area contributed by atoms with E-state index < -0.39 is 11.3 Å². The molecule has 7 nitrogen and oxygen atoms in total. The van der Waals surface area contributed by atoms with Gasteiger partial charge in [-0.2, -0.15) is 12.6 Å². The maximum atomic E-state index is 12.1. The molecule has 0 spiro atoms. The number of carbonyl (C=O) groups is 2. The number of anilines is 2. The molecule has 2 rings (SSSR count). The van der Waals surface area contributed by atoms with Gasteiger partial charge in [-0.05, 0) is 36.7 Å². The Labute approximate surface area is 176 Å². The number of thiol groups is 1. The molecule has 144 valence electrons. The number of thiazole rings is 1. The van der Waals surface area contributed by atoms with Crippen molar-refractivity contribution in [1.29, 1.82) is 0 Å². The SMILES string of the molecule is CSc1cccc(NC(=S)NNC(=O)CC(C=O)C(S)Nc2nccs2)c1. The number of aromatic nitrogens is 1. The fraction of sp³-hybridized carbons (Fsp3) is 0.250. The zero-order chi connectivity index (χ0) is 19.6. The molecule has 1 heterocycles. The summed E-state index contributed by atoms with van der Waals surface area (Å²) in [5.41, 5.74) is 5.91. The van der Waals surface area contributed by atoms with Gasteiger partial charge in [0.25, 0.3) is 0 Å². The van der Waals surface area contributed by atoms with Gasteiger partial charge in [-0.3, -0.25) is 15.6 Å². The number of nitrogens with one attached hydrogen (secondary N) is 4. The molecule has 11 heteroatoms. The number of thioether (sulfide) groups is 1. The molecular formula is C16H19N5O2S4. The molecule has 1 aromatic heterocycles. The maximum absolute atomic E-state index is 12.1. The highest BCUT2D eigenvalue weighted by atomic mass is 32.2. The number of hydrogen-bond donors (Lipinski definition) is 5. The lowest BCUT2D eigenvalue weighted by molar-refractivity contribution is -0.124. The number of aldehydes is 1. The maximum Gasteiger partial charge on any atom is 0.239 e. The number of hydrazine groups is 1. The average molecular weight is 442 g/mol. The Hall–Kier alpha value is -1.82. The van der Waals surface area contributed by atoms with Gasteiger partial charge in [0.2, 0.25) is 5.91 Å². The van der Waals surface area contributed by atoms with Crippen LogP contribution in [0.3, 0.4) is 0 Å². The van der Waals surface area contributed by atoms with Crippen LogP contribution < -0.4 is 21.5 Å². The molecule has 0 radical (unpaired) electrons. The Balaban J connectivity index is 1.77. The lowest BCUT2D eigenvalue weighted by Gasteiger charge is -2.19. The summed E-state index contributed by atoms with van der Waals surface area (Å²) in [6.07, 6.45) is 4.27. The first-order chi connectivity index (χ1) is 13.0. The highest BCUT2D eigenvalue weighted by Crippen LogP contribution is 2.19. The van der Waals surface area contributed by atoms with Crippen LogP contribution in [-0.2, 0) is 9.59 Å². The number of amides is 1. The fourth-order valence-electron chi connectivity index (χ4n) is 2.02. The van der Waals surface area contributed by atoms with E-state index in [4.69, 9.17) is 12.2 Å². The van der Waals surface area contributed by atoms with E-state index in [-0.39, 0.29) is 17.4 Å². The highest BCUT2D eigenvalue weighted by Gasteiger charge is 2.21. The van der Waals surface area contributed by atoms with E-state index in [9.17, 15) is 9.59 Å². The molecule has 0 aliphatic rings. The first-order valence-corrected chi connectivity index (χ1v) is 10.8. The lowest BCUT2D eigenvalue weighted by Crippen LogP contribution is -2.45. The molecule has 0 saturated heterocycles. The number of benzene rings is 1. The van der Waals surface area contributed by atoms with Crippen molar-refractivity contribution in [3.63, 3.8) is 0 Å². The topological polar surface area (TPSA) is 95.1 Å². The van der Waals surface area contributed by atoms with E-state index in [2.05, 4.69) is 39.1 Å². The van der Waals surface area contributed by atoms with Gasteiger partial charge < -0.3 is 15.4 Å². The van der Waals surface area contributed by atoms with Crippen LogP contribution in [0.4, 0.5) is 10.8 Å². The summed E-state index contributed by atoms with van der Waals surface area (Å²) in [4.78, 5) is 28.5. The van der Waals surface area contributed by atoms with Crippen LogP contribution in [0, 0.1) is 5.92 Å². The minimum Gasteiger partial charge on any atom is -0.349 e. The normalized spacial score (nSPS) is 12.5. The second kappa shape index (κ2) is 11.1. The van der Waals surface area contributed by atoms with Crippen molar-refractivity contribution < 1.29 is 9.59 Å². The van der Waals surface area contributed by atoms with Gasteiger partial charge in [-0.25, -0.2) is 4.98 Å². The Bertz CT molecular complexity index is 772. The second-order valence-corrected chi connectivity index (χ2v) is 8.03. The first-order valence-electron chi connectivity index (χ1n) is 7.81. The van der Waals surface area contributed by atoms with Crippen molar-refractivity contribution in [2.24, 2.45) is 5.92 Å². The molecular weight excluding hydrogens is 422 g/mol. The van der Waals surface area contributed by atoms with Gasteiger partial charge in [-0.15, -0.1) is 23.1 Å². The van der Waals surface area contributed by atoms with E-state index in [1.54, 1.807) is 23.3 Å². The molecule has 27 heavy (non-hydrogen) atoms. The molecule has 0 aliphatic heterocycles. The van der Waals surface area contributed by atoms with Gasteiger partial charge in [0.15, 0.2) is 10.2 Å². The van der Waals surface area contributed by atoms with Gasteiger partial charge in [-0.1, -0.05) is 6.07 Å². The van der Waals surface area contributed by atoms with Crippen LogP contribution in [0.2, 0.25) is 0 Å². The van der Waals surface area contributed by atoms with E-state index in [0.29, 0.717) is 11.4 Å². The van der Waals surface area contributed by atoms with Crippen LogP contribution in [0.25, 0.3) is 0 Å². The zero-order valence-corrected chi connectivity index (χ0v) is 17.7. The summed E-state index contributed by atoms with van der Waals surface area (Å²) < 4.78 is 0. The summed E-state index contributed by atoms with van der Waals surface area (Å²) in [7, 11) is 0. The minimum atomic E-state index is -0.626. The summed E-state index contributed by atoms with van der Waals surface area (Å²) >= 11 is 12.5. The molecule has 0 aliphatic carbocycles. The van der Waals surface area contributed by atoms with Crippen LogP contribution in [0.15, 0.2) is 40.7 Å². The molecule has 0 fully saturated rings. The third kappa shape index (κ3) is 7.37. The van der Waals surface area contributed by atoms with Crippen molar-refractivity contribution in [3.05, 3.63) is 35.8 Å². The number of carbonyl (C=O) groups excluding carboxylic acids is 2. The molecule has 0 saturated carbocycles. The summed E-state index contributed by atoms with van der Waals surface area (Å²) in [6.45, 7) is 0. The van der Waals surface area contributed by atoms with Gasteiger partial charge in [0.1, 0.15) is 6.29 Å². The smallest absolute Gasteiger partial charge is 0.239 e. The van der Waals surface area contributed by atoms with Gasteiger partial charge in [0.05, 0.1) is 11.3 Å². The molecule has 4 N–H and O–H groups in total.